The summed E-state index contributed by atoms with van der Waals surface area (Å²) in [6, 6.07) is 8.27. The number of benzene rings is 1. The Morgan fingerprint density at radius 3 is 2.47 bits per heavy atom. The number of rotatable bonds is 7. The molecule has 1 rings (SSSR count). The molecule has 0 fully saturated rings. The number of nitrogens with two attached hydrogens (primary N) is 1. The minimum atomic E-state index is 0.566. The lowest BCUT2D eigenvalue weighted by Gasteiger charge is -2.20. The molecule has 1 atom stereocenters. The highest BCUT2D eigenvalue weighted by molar-refractivity contribution is 5.27. The van der Waals surface area contributed by atoms with E-state index in [4.69, 9.17) is 10.5 Å². The molecular weight excluding hydrogens is 212 g/mol. The number of nitrogens with zero attached hydrogens (tertiary/aromatic N) is 1. The molecule has 1 aromatic rings. The second-order valence-corrected chi connectivity index (χ2v) is 4.70. The fourth-order valence-corrected chi connectivity index (χ4v) is 1.81. The molecule has 96 valence electrons. The Balaban J connectivity index is 2.34. The van der Waals surface area contributed by atoms with Crippen LogP contribution < -0.4 is 10.5 Å². The van der Waals surface area contributed by atoms with E-state index in [0.717, 1.165) is 31.8 Å². The second-order valence-electron chi connectivity index (χ2n) is 4.70. The van der Waals surface area contributed by atoms with Crippen LogP contribution in [0.25, 0.3) is 0 Å². The summed E-state index contributed by atoms with van der Waals surface area (Å²) in [6.45, 7) is 5.07. The standard InChI is InChI=1S/C14H24N2O/c1-12(10-15)11-16(2)9-8-13-4-6-14(17-3)7-5-13/h4-7,12H,8-11,15H2,1-3H3. The summed E-state index contributed by atoms with van der Waals surface area (Å²) in [5, 5.41) is 0. The molecule has 0 aromatic heterocycles. The van der Waals surface area contributed by atoms with Crippen molar-refractivity contribution < 1.29 is 4.74 Å². The molecule has 0 aliphatic rings. The molecule has 0 aliphatic heterocycles. The Morgan fingerprint density at radius 2 is 1.94 bits per heavy atom. The zero-order valence-corrected chi connectivity index (χ0v) is 11.1. The third-order valence-electron chi connectivity index (χ3n) is 2.97. The topological polar surface area (TPSA) is 38.5 Å². The molecule has 17 heavy (non-hydrogen) atoms. The first-order chi connectivity index (χ1) is 8.15. The third kappa shape index (κ3) is 5.20. The molecule has 0 saturated heterocycles. The molecular formula is C14H24N2O. The van der Waals surface area contributed by atoms with E-state index in [1.807, 2.05) is 12.1 Å². The van der Waals surface area contributed by atoms with E-state index in [1.165, 1.54) is 5.56 Å². The Kier molecular flexibility index (Phi) is 6.01. The van der Waals surface area contributed by atoms with Crippen molar-refractivity contribution in [3.05, 3.63) is 29.8 Å². The van der Waals surface area contributed by atoms with Gasteiger partial charge in [0.2, 0.25) is 0 Å². The van der Waals surface area contributed by atoms with E-state index in [1.54, 1.807) is 7.11 Å². The first-order valence-electron chi connectivity index (χ1n) is 6.17. The van der Waals surface area contributed by atoms with Crippen molar-refractivity contribution in [2.24, 2.45) is 11.7 Å². The Hall–Kier alpha value is -1.06. The van der Waals surface area contributed by atoms with Gasteiger partial charge in [-0.1, -0.05) is 19.1 Å². The van der Waals surface area contributed by atoms with Crippen molar-refractivity contribution in [3.8, 4) is 5.75 Å². The van der Waals surface area contributed by atoms with Crippen LogP contribution in [0.5, 0.6) is 5.75 Å². The van der Waals surface area contributed by atoms with E-state index in [9.17, 15) is 0 Å². The Bertz CT molecular complexity index is 311. The van der Waals surface area contributed by atoms with Gasteiger partial charge in [0.1, 0.15) is 5.75 Å². The molecule has 3 heteroatoms. The van der Waals surface area contributed by atoms with E-state index in [2.05, 4.69) is 31.0 Å². The minimum Gasteiger partial charge on any atom is -0.497 e. The predicted molar refractivity (Wildman–Crippen MR) is 72.4 cm³/mol. The highest BCUT2D eigenvalue weighted by Crippen LogP contribution is 2.11. The number of ether oxygens (including phenoxy) is 1. The largest absolute Gasteiger partial charge is 0.497 e. The van der Waals surface area contributed by atoms with Crippen molar-refractivity contribution in [2.45, 2.75) is 13.3 Å². The summed E-state index contributed by atoms with van der Waals surface area (Å²) in [5.74, 6) is 1.48. The van der Waals surface area contributed by atoms with Crippen molar-refractivity contribution in [1.82, 2.24) is 4.90 Å². The number of methoxy groups -OCH3 is 1. The molecule has 0 radical (unpaired) electrons. The SMILES string of the molecule is COc1ccc(CCN(C)CC(C)CN)cc1. The minimum absolute atomic E-state index is 0.566. The van der Waals surface area contributed by atoms with Crippen LogP contribution in [-0.4, -0.2) is 38.7 Å². The van der Waals surface area contributed by atoms with E-state index >= 15 is 0 Å². The summed E-state index contributed by atoms with van der Waals surface area (Å²) in [7, 11) is 3.84. The molecule has 0 amide bonds. The van der Waals surface area contributed by atoms with Crippen molar-refractivity contribution in [1.29, 1.82) is 0 Å². The van der Waals surface area contributed by atoms with Gasteiger partial charge in [-0.15, -0.1) is 0 Å². The van der Waals surface area contributed by atoms with E-state index < -0.39 is 0 Å². The van der Waals surface area contributed by atoms with Crippen LogP contribution in [0.4, 0.5) is 0 Å². The van der Waals surface area contributed by atoms with Crippen molar-refractivity contribution in [2.75, 3.05) is 33.8 Å². The maximum atomic E-state index is 5.62. The highest BCUT2D eigenvalue weighted by atomic mass is 16.5. The monoisotopic (exact) mass is 236 g/mol. The fraction of sp³-hybridized carbons (Fsp3) is 0.571. The van der Waals surface area contributed by atoms with Gasteiger partial charge in [-0.2, -0.15) is 0 Å². The summed E-state index contributed by atoms with van der Waals surface area (Å²) in [6.07, 6.45) is 1.07. The average molecular weight is 236 g/mol. The summed E-state index contributed by atoms with van der Waals surface area (Å²) >= 11 is 0. The van der Waals surface area contributed by atoms with Crippen LogP contribution in [0.2, 0.25) is 0 Å². The molecule has 0 saturated carbocycles. The maximum Gasteiger partial charge on any atom is 0.118 e. The van der Waals surface area contributed by atoms with Crippen molar-refractivity contribution >= 4 is 0 Å². The first-order valence-corrected chi connectivity index (χ1v) is 6.17. The lowest BCUT2D eigenvalue weighted by molar-refractivity contribution is 0.292. The lowest BCUT2D eigenvalue weighted by atomic mass is 10.1. The molecule has 0 aliphatic carbocycles. The van der Waals surface area contributed by atoms with Crippen molar-refractivity contribution in [3.63, 3.8) is 0 Å². The van der Waals surface area contributed by atoms with Gasteiger partial charge in [0, 0.05) is 13.1 Å². The van der Waals surface area contributed by atoms with E-state index in [0.29, 0.717) is 5.92 Å². The van der Waals surface area contributed by atoms with Crippen LogP contribution in [0.1, 0.15) is 12.5 Å². The van der Waals surface area contributed by atoms with Crippen LogP contribution in [0, 0.1) is 5.92 Å². The molecule has 0 spiro atoms. The van der Waals surface area contributed by atoms with Gasteiger partial charge in [0.25, 0.3) is 0 Å². The molecule has 2 N–H and O–H groups in total. The van der Waals surface area contributed by atoms with Gasteiger partial charge in [-0.25, -0.2) is 0 Å². The number of hydrogen-bond donors (Lipinski definition) is 1. The van der Waals surface area contributed by atoms with Gasteiger partial charge >= 0.3 is 0 Å². The maximum absolute atomic E-state index is 5.62. The highest BCUT2D eigenvalue weighted by Gasteiger charge is 2.04. The average Bonchev–Trinajstić information content (AvgIpc) is 2.36. The van der Waals surface area contributed by atoms with E-state index in [-0.39, 0.29) is 0 Å². The smallest absolute Gasteiger partial charge is 0.118 e. The van der Waals surface area contributed by atoms with Gasteiger partial charge < -0.3 is 15.4 Å². The molecule has 1 unspecified atom stereocenters. The van der Waals surface area contributed by atoms with Crippen LogP contribution in [0.3, 0.4) is 0 Å². The number of likely N-dealkylation sites (N-methyl/N-ethyl adjacent to an activating group) is 1. The first kappa shape index (κ1) is 14.0. The second kappa shape index (κ2) is 7.30. The molecule has 0 heterocycles. The van der Waals surface area contributed by atoms with Gasteiger partial charge in [-0.3, -0.25) is 0 Å². The summed E-state index contributed by atoms with van der Waals surface area (Å²) in [4.78, 5) is 2.34. The molecule has 1 aromatic carbocycles. The summed E-state index contributed by atoms with van der Waals surface area (Å²) in [5.41, 5.74) is 6.96. The Labute approximate surface area is 105 Å². The quantitative estimate of drug-likeness (QED) is 0.784. The van der Waals surface area contributed by atoms with Gasteiger partial charge in [0.15, 0.2) is 0 Å². The van der Waals surface area contributed by atoms with Gasteiger partial charge in [0.05, 0.1) is 7.11 Å². The van der Waals surface area contributed by atoms with Crippen LogP contribution in [-0.2, 0) is 6.42 Å². The predicted octanol–water partition coefficient (Wildman–Crippen LogP) is 1.76. The van der Waals surface area contributed by atoms with Crippen LogP contribution >= 0.6 is 0 Å². The lowest BCUT2D eigenvalue weighted by Crippen LogP contribution is -2.29. The summed E-state index contributed by atoms with van der Waals surface area (Å²) < 4.78 is 5.14. The van der Waals surface area contributed by atoms with Gasteiger partial charge in [-0.05, 0) is 43.6 Å². The Morgan fingerprint density at radius 1 is 1.29 bits per heavy atom. The number of hydrogen-bond acceptors (Lipinski definition) is 3. The third-order valence-corrected chi connectivity index (χ3v) is 2.97. The van der Waals surface area contributed by atoms with Crippen LogP contribution in [0.15, 0.2) is 24.3 Å². The fourth-order valence-electron chi connectivity index (χ4n) is 1.81. The zero-order chi connectivity index (χ0) is 12.7. The normalized spacial score (nSPS) is 12.8. The molecule has 0 bridgehead atoms. The zero-order valence-electron chi connectivity index (χ0n) is 11.1. The molecule has 3 nitrogen and oxygen atoms in total.